The van der Waals surface area contributed by atoms with E-state index in [4.69, 9.17) is 0 Å². The van der Waals surface area contributed by atoms with Crippen LogP contribution in [0.15, 0.2) is 47.4 Å². The Kier molecular flexibility index (Phi) is 3.79. The number of benzene rings is 2. The number of H-pyrrole nitrogens is 1. The highest BCUT2D eigenvalue weighted by Crippen LogP contribution is 2.32. The third-order valence-electron chi connectivity index (χ3n) is 2.97. The summed E-state index contributed by atoms with van der Waals surface area (Å²) >= 11 is 4.13. The molecule has 2 nitrogen and oxygen atoms in total. The highest BCUT2D eigenvalue weighted by molar-refractivity contribution is 14.1. The Morgan fingerprint density at radius 2 is 2.00 bits per heavy atom. The van der Waals surface area contributed by atoms with Crippen LogP contribution in [0.5, 0.6) is 0 Å². The fourth-order valence-electron chi connectivity index (χ4n) is 2.05. The van der Waals surface area contributed by atoms with Crippen molar-refractivity contribution in [3.8, 4) is 0 Å². The summed E-state index contributed by atoms with van der Waals surface area (Å²) in [5, 5.41) is 8.66. The van der Waals surface area contributed by atoms with Crippen LogP contribution in [0.25, 0.3) is 10.9 Å². The molecule has 0 spiro atoms. The normalized spacial score (nSPS) is 11.1. The van der Waals surface area contributed by atoms with Crippen molar-refractivity contribution in [2.75, 3.05) is 0 Å². The van der Waals surface area contributed by atoms with Crippen LogP contribution in [0.2, 0.25) is 0 Å². The minimum Gasteiger partial charge on any atom is -0.276 e. The molecule has 0 aliphatic carbocycles. The van der Waals surface area contributed by atoms with E-state index in [0.717, 1.165) is 15.0 Å². The van der Waals surface area contributed by atoms with Gasteiger partial charge in [0, 0.05) is 16.0 Å². The zero-order chi connectivity index (χ0) is 13.2. The van der Waals surface area contributed by atoms with E-state index in [2.05, 4.69) is 82.2 Å². The summed E-state index contributed by atoms with van der Waals surface area (Å²) < 4.78 is 1.04. The lowest BCUT2D eigenvalue weighted by molar-refractivity contribution is 1.08. The zero-order valence-corrected chi connectivity index (χ0v) is 13.5. The van der Waals surface area contributed by atoms with Crippen LogP contribution in [0.4, 0.5) is 0 Å². The summed E-state index contributed by atoms with van der Waals surface area (Å²) in [4.78, 5) is 1.27. The monoisotopic (exact) mass is 380 g/mol. The first-order valence-corrected chi connectivity index (χ1v) is 8.11. The van der Waals surface area contributed by atoms with Crippen LogP contribution >= 0.6 is 34.4 Å². The molecule has 0 radical (unpaired) electrons. The number of halogens is 1. The molecule has 1 N–H and O–H groups in total. The molecule has 0 bridgehead atoms. The molecule has 0 aliphatic rings. The van der Waals surface area contributed by atoms with Gasteiger partial charge in [-0.1, -0.05) is 30.3 Å². The maximum absolute atomic E-state index is 4.30. The fraction of sp³-hybridized carbons (Fsp3) is 0.133. The van der Waals surface area contributed by atoms with Crippen LogP contribution < -0.4 is 0 Å². The molecule has 0 saturated carbocycles. The highest BCUT2D eigenvalue weighted by Gasteiger charge is 2.09. The molecule has 0 unspecified atom stereocenters. The summed E-state index contributed by atoms with van der Waals surface area (Å²) in [6.45, 7) is 2.13. The number of thioether (sulfide) groups is 1. The number of aryl methyl sites for hydroxylation is 1. The van der Waals surface area contributed by atoms with Crippen molar-refractivity contribution in [3.05, 3.63) is 57.3 Å². The molecule has 3 aromatic rings. The molecular formula is C15H13IN2S. The zero-order valence-electron chi connectivity index (χ0n) is 10.5. The molecule has 2 aromatic carbocycles. The van der Waals surface area contributed by atoms with E-state index in [9.17, 15) is 0 Å². The number of nitrogens with one attached hydrogen (secondary N) is 1. The molecule has 3 rings (SSSR count). The average molecular weight is 380 g/mol. The largest absolute Gasteiger partial charge is 0.276 e. The molecule has 19 heavy (non-hydrogen) atoms. The Morgan fingerprint density at radius 1 is 1.21 bits per heavy atom. The first-order valence-electron chi connectivity index (χ1n) is 6.05. The second-order valence-corrected chi connectivity index (χ2v) is 6.51. The predicted molar refractivity (Wildman–Crippen MR) is 89.6 cm³/mol. The molecule has 0 atom stereocenters. The minimum atomic E-state index is 0.981. The molecule has 0 fully saturated rings. The quantitative estimate of drug-likeness (QED) is 0.524. The first kappa shape index (κ1) is 13.0. The second kappa shape index (κ2) is 5.54. The van der Waals surface area contributed by atoms with Gasteiger partial charge < -0.3 is 0 Å². The average Bonchev–Trinajstić information content (AvgIpc) is 2.79. The fourth-order valence-corrected chi connectivity index (χ4v) is 3.68. The van der Waals surface area contributed by atoms with E-state index < -0.39 is 0 Å². The summed E-state index contributed by atoms with van der Waals surface area (Å²) in [6, 6.07) is 15.0. The van der Waals surface area contributed by atoms with Crippen LogP contribution in [0.3, 0.4) is 0 Å². The van der Waals surface area contributed by atoms with Crippen molar-refractivity contribution in [3.63, 3.8) is 0 Å². The third kappa shape index (κ3) is 2.79. The third-order valence-corrected chi connectivity index (χ3v) is 4.90. The van der Waals surface area contributed by atoms with Gasteiger partial charge in [0.1, 0.15) is 3.70 Å². The smallest absolute Gasteiger partial charge is 0.130 e. The molecule has 1 heterocycles. The van der Waals surface area contributed by atoms with Crippen LogP contribution in [0.1, 0.15) is 11.1 Å². The van der Waals surface area contributed by atoms with Gasteiger partial charge in [0.2, 0.25) is 0 Å². The first-order chi connectivity index (χ1) is 9.24. The molecule has 1 aromatic heterocycles. The lowest BCUT2D eigenvalue weighted by Crippen LogP contribution is -1.83. The van der Waals surface area contributed by atoms with E-state index in [1.807, 2.05) is 11.8 Å². The number of hydrogen-bond acceptors (Lipinski definition) is 2. The number of hydrogen-bond donors (Lipinski definition) is 1. The predicted octanol–water partition coefficient (Wildman–Crippen LogP) is 4.77. The van der Waals surface area contributed by atoms with Crippen molar-refractivity contribution < 1.29 is 0 Å². The highest BCUT2D eigenvalue weighted by atomic mass is 127. The minimum absolute atomic E-state index is 0.981. The van der Waals surface area contributed by atoms with Gasteiger partial charge in [0.25, 0.3) is 0 Å². The lowest BCUT2D eigenvalue weighted by Gasteiger charge is -2.05. The number of aromatic nitrogens is 2. The van der Waals surface area contributed by atoms with Gasteiger partial charge in [-0.15, -0.1) is 11.8 Å². The molecule has 0 aliphatic heterocycles. The van der Waals surface area contributed by atoms with E-state index >= 15 is 0 Å². The lowest BCUT2D eigenvalue weighted by atomic mass is 10.2. The van der Waals surface area contributed by atoms with E-state index in [-0.39, 0.29) is 0 Å². The number of nitrogens with zero attached hydrogens (tertiary/aromatic N) is 1. The van der Waals surface area contributed by atoms with Gasteiger partial charge in [0.05, 0.1) is 5.52 Å². The van der Waals surface area contributed by atoms with Crippen LogP contribution in [-0.4, -0.2) is 10.2 Å². The van der Waals surface area contributed by atoms with Gasteiger partial charge in [-0.2, -0.15) is 5.10 Å². The Bertz CT molecular complexity index is 707. The maximum Gasteiger partial charge on any atom is 0.130 e. The van der Waals surface area contributed by atoms with Gasteiger partial charge >= 0.3 is 0 Å². The maximum atomic E-state index is 4.30. The Morgan fingerprint density at radius 3 is 2.79 bits per heavy atom. The van der Waals surface area contributed by atoms with Crippen LogP contribution in [-0.2, 0) is 5.75 Å². The van der Waals surface area contributed by atoms with E-state index in [1.54, 1.807) is 0 Å². The van der Waals surface area contributed by atoms with Gasteiger partial charge in [-0.05, 0) is 52.8 Å². The van der Waals surface area contributed by atoms with Crippen molar-refractivity contribution in [2.45, 2.75) is 17.6 Å². The Balaban J connectivity index is 1.92. The second-order valence-electron chi connectivity index (χ2n) is 4.47. The summed E-state index contributed by atoms with van der Waals surface area (Å²) in [7, 11) is 0. The summed E-state index contributed by atoms with van der Waals surface area (Å²) in [6.07, 6.45) is 0. The van der Waals surface area contributed by atoms with Gasteiger partial charge in [-0.3, -0.25) is 5.10 Å². The van der Waals surface area contributed by atoms with E-state index in [0.29, 0.717) is 0 Å². The number of fused-ring (bicyclic) bond motifs is 1. The topological polar surface area (TPSA) is 28.7 Å². The van der Waals surface area contributed by atoms with Crippen molar-refractivity contribution in [2.24, 2.45) is 0 Å². The summed E-state index contributed by atoms with van der Waals surface area (Å²) in [5.41, 5.74) is 3.77. The van der Waals surface area contributed by atoms with Gasteiger partial charge in [-0.25, -0.2) is 0 Å². The van der Waals surface area contributed by atoms with Crippen LogP contribution in [0, 0.1) is 10.6 Å². The molecular weight excluding hydrogens is 367 g/mol. The van der Waals surface area contributed by atoms with Crippen molar-refractivity contribution in [1.82, 2.24) is 10.2 Å². The molecule has 0 saturated heterocycles. The van der Waals surface area contributed by atoms with E-state index in [1.165, 1.54) is 21.4 Å². The standard InChI is InChI=1S/C15H13IN2S/c1-10-7-12-14(17-18-15(12)16)13(8-10)19-9-11-5-3-2-4-6-11/h2-8H,9H2,1H3,(H,17,18). The Hall–Kier alpha value is -1.01. The molecule has 0 amide bonds. The molecule has 4 heteroatoms. The SMILES string of the molecule is Cc1cc(SCc2ccccc2)c2[nH]nc(I)c2c1. The number of aromatic amines is 1. The van der Waals surface area contributed by atoms with Crippen molar-refractivity contribution in [1.29, 1.82) is 0 Å². The Labute approximate surface area is 130 Å². The number of rotatable bonds is 3. The summed E-state index contributed by atoms with van der Waals surface area (Å²) in [5.74, 6) is 0.981. The van der Waals surface area contributed by atoms with Crippen molar-refractivity contribution >= 4 is 45.3 Å². The van der Waals surface area contributed by atoms with Gasteiger partial charge in [0.15, 0.2) is 0 Å². The molecule has 96 valence electrons.